The van der Waals surface area contributed by atoms with Crippen molar-refractivity contribution in [1.82, 2.24) is 9.55 Å². The fourth-order valence-corrected chi connectivity index (χ4v) is 3.75. The first-order valence-corrected chi connectivity index (χ1v) is 9.27. The number of benzene rings is 1. The maximum absolute atomic E-state index is 12.5. The van der Waals surface area contributed by atoms with Gasteiger partial charge in [-0.2, -0.15) is 4.98 Å². The average Bonchev–Trinajstić information content (AvgIpc) is 3.09. The summed E-state index contributed by atoms with van der Waals surface area (Å²) in [6.07, 6.45) is -0.0485. The van der Waals surface area contributed by atoms with Crippen molar-refractivity contribution in [3.8, 4) is 5.75 Å². The molecule has 0 radical (unpaired) electrons. The Balaban J connectivity index is 1.36. The van der Waals surface area contributed by atoms with Gasteiger partial charge in [0.2, 0.25) is 0 Å². The second-order valence-corrected chi connectivity index (χ2v) is 7.20. The highest BCUT2D eigenvalue weighted by atomic mass is 31.2. The molecule has 1 fully saturated rings. The summed E-state index contributed by atoms with van der Waals surface area (Å²) in [4.78, 5) is 15.5. The average molecular weight is 381 g/mol. The zero-order chi connectivity index (χ0) is 18.1. The minimum Gasteiger partial charge on any atom is -0.404 e. The van der Waals surface area contributed by atoms with Crippen molar-refractivity contribution in [3.63, 3.8) is 0 Å². The van der Waals surface area contributed by atoms with Crippen LogP contribution in [0.3, 0.4) is 0 Å². The summed E-state index contributed by atoms with van der Waals surface area (Å²) in [6, 6.07) is 8.57. The predicted octanol–water partition coefficient (Wildman–Crippen LogP) is 1.43. The number of aromatic nitrogens is 2. The zero-order valence-electron chi connectivity index (χ0n) is 13.5. The fourth-order valence-electron chi connectivity index (χ4n) is 2.55. The standard InChI is InChI=1S/C15H16N3O7P/c16-12-5-6-18(15(19)17-12)13-8-21-14(24-13)9-23-26(20)22-7-10-3-1-2-4-11(10)25-26/h1-6,13-14H,7-9H2,(H2,16,17,19)/t13-,14?,26?/m0/s1. The molecule has 3 heterocycles. The lowest BCUT2D eigenvalue weighted by molar-refractivity contribution is -0.0986. The number of hydrogen-bond donors (Lipinski definition) is 1. The minimum atomic E-state index is -3.76. The molecule has 2 N–H and O–H groups in total. The molecule has 1 aromatic carbocycles. The zero-order valence-corrected chi connectivity index (χ0v) is 14.4. The summed E-state index contributed by atoms with van der Waals surface area (Å²) < 4.78 is 40.6. The van der Waals surface area contributed by atoms with Crippen LogP contribution in [-0.4, -0.2) is 29.1 Å². The highest BCUT2D eigenvalue weighted by molar-refractivity contribution is 7.49. The monoisotopic (exact) mass is 381 g/mol. The van der Waals surface area contributed by atoms with Crippen LogP contribution in [0.2, 0.25) is 0 Å². The summed E-state index contributed by atoms with van der Waals surface area (Å²) in [6.45, 7) is 0.0381. The molecule has 2 aliphatic rings. The van der Waals surface area contributed by atoms with E-state index in [2.05, 4.69) is 4.98 Å². The number of ether oxygens (including phenoxy) is 2. The fraction of sp³-hybridized carbons (Fsp3) is 0.333. The molecule has 4 rings (SSSR count). The Morgan fingerprint density at radius 1 is 1.35 bits per heavy atom. The van der Waals surface area contributed by atoms with Crippen molar-refractivity contribution in [1.29, 1.82) is 0 Å². The molecule has 1 aromatic heterocycles. The largest absolute Gasteiger partial charge is 0.530 e. The second kappa shape index (κ2) is 6.82. The van der Waals surface area contributed by atoms with E-state index in [9.17, 15) is 9.36 Å². The van der Waals surface area contributed by atoms with Crippen molar-refractivity contribution < 1.29 is 27.6 Å². The van der Waals surface area contributed by atoms with E-state index in [1.807, 2.05) is 12.1 Å². The van der Waals surface area contributed by atoms with Crippen LogP contribution in [0.15, 0.2) is 41.3 Å². The summed E-state index contributed by atoms with van der Waals surface area (Å²) in [7, 11) is -3.76. The molecular weight excluding hydrogens is 365 g/mol. The van der Waals surface area contributed by atoms with E-state index in [4.69, 9.17) is 28.8 Å². The molecule has 3 atom stereocenters. The van der Waals surface area contributed by atoms with E-state index in [0.717, 1.165) is 5.56 Å². The van der Waals surface area contributed by atoms with Gasteiger partial charge in [-0.15, -0.1) is 0 Å². The molecule has 2 unspecified atom stereocenters. The number of phosphoric acid groups is 1. The Morgan fingerprint density at radius 3 is 3.04 bits per heavy atom. The molecule has 0 spiro atoms. The number of para-hydroxylation sites is 1. The summed E-state index contributed by atoms with van der Waals surface area (Å²) >= 11 is 0. The quantitative estimate of drug-likeness (QED) is 0.783. The van der Waals surface area contributed by atoms with Crippen LogP contribution in [0.5, 0.6) is 5.75 Å². The maximum atomic E-state index is 12.5. The third-order valence-electron chi connectivity index (χ3n) is 3.82. The minimum absolute atomic E-state index is 0.106. The lowest BCUT2D eigenvalue weighted by atomic mass is 10.2. The van der Waals surface area contributed by atoms with Crippen molar-refractivity contribution in [2.24, 2.45) is 0 Å². The molecule has 0 bridgehead atoms. The van der Waals surface area contributed by atoms with Gasteiger partial charge in [-0.25, -0.2) is 9.36 Å². The van der Waals surface area contributed by atoms with Gasteiger partial charge in [0.25, 0.3) is 0 Å². The van der Waals surface area contributed by atoms with Crippen LogP contribution >= 0.6 is 7.82 Å². The maximum Gasteiger partial charge on any atom is 0.530 e. The molecular formula is C15H16N3O7P. The van der Waals surface area contributed by atoms with Crippen LogP contribution in [0.25, 0.3) is 0 Å². The molecule has 1 saturated heterocycles. The van der Waals surface area contributed by atoms with Crippen molar-refractivity contribution >= 4 is 13.6 Å². The number of nitrogens with two attached hydrogens (primary N) is 1. The van der Waals surface area contributed by atoms with Crippen molar-refractivity contribution in [3.05, 3.63) is 52.6 Å². The number of rotatable bonds is 4. The van der Waals surface area contributed by atoms with E-state index in [1.54, 1.807) is 12.1 Å². The topological polar surface area (TPSA) is 124 Å². The van der Waals surface area contributed by atoms with E-state index in [-0.39, 0.29) is 25.6 Å². The number of hydrogen-bond acceptors (Lipinski definition) is 9. The van der Waals surface area contributed by atoms with Crippen LogP contribution in [0, 0.1) is 0 Å². The van der Waals surface area contributed by atoms with E-state index < -0.39 is 26.0 Å². The Hall–Kier alpha value is -2.23. The van der Waals surface area contributed by atoms with Crippen molar-refractivity contribution in [2.75, 3.05) is 18.9 Å². The first kappa shape index (κ1) is 17.2. The van der Waals surface area contributed by atoms with Gasteiger partial charge in [-0.3, -0.25) is 13.6 Å². The van der Waals surface area contributed by atoms with Gasteiger partial charge in [0, 0.05) is 11.8 Å². The molecule has 10 nitrogen and oxygen atoms in total. The third kappa shape index (κ3) is 3.50. The number of phosphoric ester groups is 1. The highest BCUT2D eigenvalue weighted by Crippen LogP contribution is 2.54. The molecule has 0 saturated carbocycles. The van der Waals surface area contributed by atoms with Gasteiger partial charge in [0.1, 0.15) is 18.2 Å². The summed E-state index contributed by atoms with van der Waals surface area (Å²) in [5.41, 5.74) is 5.69. The van der Waals surface area contributed by atoms with Crippen LogP contribution in [0.4, 0.5) is 5.82 Å². The lowest BCUT2D eigenvalue weighted by Crippen LogP contribution is -2.28. The lowest BCUT2D eigenvalue weighted by Gasteiger charge is -2.25. The van der Waals surface area contributed by atoms with E-state index >= 15 is 0 Å². The summed E-state index contributed by atoms with van der Waals surface area (Å²) in [5, 5.41) is 0. The van der Waals surface area contributed by atoms with Gasteiger partial charge in [-0.1, -0.05) is 18.2 Å². The SMILES string of the molecule is Nc1ccn([C@@H]2COC(COP3(=O)OCc4ccccc4O3)O2)c(=O)n1. The number of nitrogen functional groups attached to an aromatic ring is 1. The molecule has 0 aliphatic carbocycles. The van der Waals surface area contributed by atoms with Gasteiger partial charge in [0.15, 0.2) is 12.5 Å². The van der Waals surface area contributed by atoms with Crippen LogP contribution < -0.4 is 15.9 Å². The van der Waals surface area contributed by atoms with Crippen LogP contribution in [0.1, 0.15) is 11.8 Å². The molecule has 2 aliphatic heterocycles. The highest BCUT2D eigenvalue weighted by Gasteiger charge is 2.37. The second-order valence-electron chi connectivity index (χ2n) is 5.61. The Bertz CT molecular complexity index is 918. The van der Waals surface area contributed by atoms with Crippen molar-refractivity contribution in [2.45, 2.75) is 19.1 Å². The van der Waals surface area contributed by atoms with E-state index in [0.29, 0.717) is 5.75 Å². The first-order chi connectivity index (χ1) is 12.5. The smallest absolute Gasteiger partial charge is 0.404 e. The molecule has 0 amide bonds. The van der Waals surface area contributed by atoms with E-state index in [1.165, 1.54) is 16.8 Å². The van der Waals surface area contributed by atoms with Gasteiger partial charge in [-0.05, 0) is 12.1 Å². The molecule has 26 heavy (non-hydrogen) atoms. The van der Waals surface area contributed by atoms with Crippen LogP contribution in [-0.2, 0) is 29.7 Å². The third-order valence-corrected chi connectivity index (χ3v) is 5.16. The normalized spacial score (nSPS) is 27.7. The number of anilines is 1. The predicted molar refractivity (Wildman–Crippen MR) is 88.2 cm³/mol. The number of fused-ring (bicyclic) bond motifs is 1. The number of nitrogens with zero attached hydrogens (tertiary/aromatic N) is 2. The molecule has 11 heteroatoms. The van der Waals surface area contributed by atoms with Gasteiger partial charge < -0.3 is 19.7 Å². The van der Waals surface area contributed by atoms with Gasteiger partial charge >= 0.3 is 13.5 Å². The Labute approximate surface area is 148 Å². The summed E-state index contributed by atoms with van der Waals surface area (Å²) in [5.74, 6) is 0.572. The first-order valence-electron chi connectivity index (χ1n) is 7.81. The molecule has 2 aromatic rings. The van der Waals surface area contributed by atoms with Gasteiger partial charge in [0.05, 0.1) is 13.2 Å². The Kier molecular flexibility index (Phi) is 4.51. The molecule has 138 valence electrons. The Morgan fingerprint density at radius 2 is 2.19 bits per heavy atom.